The number of rotatable bonds is 2. The van der Waals surface area contributed by atoms with E-state index >= 15 is 0 Å². The van der Waals surface area contributed by atoms with E-state index in [0.717, 1.165) is 18.4 Å². The topological polar surface area (TPSA) is 0 Å². The predicted octanol–water partition coefficient (Wildman–Crippen LogP) is 4.67. The van der Waals surface area contributed by atoms with E-state index < -0.39 is 6.17 Å². The van der Waals surface area contributed by atoms with Gasteiger partial charge in [-0.3, -0.25) is 8.78 Å². The minimum Gasteiger partial charge on any atom is -0.255 e. The summed E-state index contributed by atoms with van der Waals surface area (Å²) in [7, 11) is 1.00. The molecule has 0 bridgehead atoms. The van der Waals surface area contributed by atoms with Crippen LogP contribution in [0.2, 0.25) is 0 Å². The second-order valence-corrected chi connectivity index (χ2v) is 3.50. The van der Waals surface area contributed by atoms with Crippen LogP contribution in [-0.2, 0) is 0 Å². The van der Waals surface area contributed by atoms with Gasteiger partial charge in [-0.1, -0.05) is 36.8 Å². The molecular formula is C13H19F3. The Hall–Kier alpha value is -0.990. The highest BCUT2D eigenvalue weighted by Gasteiger charge is 2.27. The van der Waals surface area contributed by atoms with Gasteiger partial charge >= 0.3 is 0 Å². The normalized spacial score (nSPS) is 15.8. The maximum Gasteiger partial charge on any atom is 0.128 e. The maximum absolute atomic E-state index is 13.6. The van der Waals surface area contributed by atoms with Crippen molar-refractivity contribution in [2.24, 2.45) is 5.92 Å². The fraction of sp³-hybridized carbons (Fsp3) is 0.538. The number of hydrogen-bond acceptors (Lipinski definition) is 0. The van der Waals surface area contributed by atoms with Crippen molar-refractivity contribution in [2.45, 2.75) is 25.4 Å². The van der Waals surface area contributed by atoms with E-state index in [9.17, 15) is 13.2 Å². The fourth-order valence-corrected chi connectivity index (χ4v) is 1.64. The molecule has 3 heteroatoms. The molecule has 0 saturated heterocycles. The lowest BCUT2D eigenvalue weighted by Crippen LogP contribution is -2.16. The third-order valence-corrected chi connectivity index (χ3v) is 2.68. The molecule has 0 N–H and O–H groups in total. The van der Waals surface area contributed by atoms with Crippen LogP contribution in [0.5, 0.6) is 0 Å². The van der Waals surface area contributed by atoms with Crippen molar-refractivity contribution in [2.75, 3.05) is 14.4 Å². The average Bonchev–Trinajstić information content (AvgIpc) is 2.33. The minimum absolute atomic E-state index is 0.299. The number of benzene rings is 1. The summed E-state index contributed by atoms with van der Waals surface area (Å²) < 4.78 is 32.6. The Bertz CT molecular complexity index is 245. The lowest BCUT2D eigenvalue weighted by Gasteiger charge is -2.28. The molecule has 1 aliphatic carbocycles. The highest BCUT2D eigenvalue weighted by molar-refractivity contribution is 5.18. The molecule has 0 aromatic heterocycles. The van der Waals surface area contributed by atoms with E-state index in [1.807, 2.05) is 30.3 Å². The van der Waals surface area contributed by atoms with Crippen LogP contribution in [0, 0.1) is 5.92 Å². The van der Waals surface area contributed by atoms with Gasteiger partial charge in [0.1, 0.15) is 6.17 Å². The monoisotopic (exact) mass is 232 g/mol. The van der Waals surface area contributed by atoms with Gasteiger partial charge in [0.05, 0.1) is 14.4 Å². The van der Waals surface area contributed by atoms with Crippen LogP contribution in [0.4, 0.5) is 13.2 Å². The molecule has 2 rings (SSSR count). The molecular weight excluding hydrogens is 213 g/mol. The molecule has 1 unspecified atom stereocenters. The van der Waals surface area contributed by atoms with Gasteiger partial charge in [0.15, 0.2) is 0 Å². The molecule has 0 heterocycles. The Balaban J connectivity index is 0.000000509. The first-order valence-corrected chi connectivity index (χ1v) is 5.32. The molecule has 1 fully saturated rings. The second-order valence-electron chi connectivity index (χ2n) is 3.50. The Labute approximate surface area is 95.5 Å². The molecule has 0 amide bonds. The van der Waals surface area contributed by atoms with Crippen LogP contribution >= 0.6 is 0 Å². The largest absolute Gasteiger partial charge is 0.255 e. The summed E-state index contributed by atoms with van der Waals surface area (Å²) in [5.41, 5.74) is 0.849. The van der Waals surface area contributed by atoms with Crippen molar-refractivity contribution in [3.63, 3.8) is 0 Å². The van der Waals surface area contributed by atoms with E-state index in [1.165, 1.54) is 6.42 Å². The van der Waals surface area contributed by atoms with Gasteiger partial charge in [0.25, 0.3) is 0 Å². The van der Waals surface area contributed by atoms with Crippen molar-refractivity contribution in [1.29, 1.82) is 0 Å². The summed E-state index contributed by atoms with van der Waals surface area (Å²) in [5, 5.41) is 0. The predicted molar refractivity (Wildman–Crippen MR) is 61.7 cm³/mol. The van der Waals surface area contributed by atoms with Crippen molar-refractivity contribution in [3.8, 4) is 0 Å². The van der Waals surface area contributed by atoms with Gasteiger partial charge in [-0.2, -0.15) is 0 Å². The summed E-state index contributed by atoms with van der Waals surface area (Å²) >= 11 is 0. The molecule has 1 aromatic rings. The summed E-state index contributed by atoms with van der Waals surface area (Å²) in [4.78, 5) is 0. The van der Waals surface area contributed by atoms with Gasteiger partial charge in [-0.25, -0.2) is 4.39 Å². The molecule has 92 valence electrons. The van der Waals surface area contributed by atoms with Gasteiger partial charge in [-0.05, 0) is 24.3 Å². The molecule has 1 aromatic carbocycles. The smallest absolute Gasteiger partial charge is 0.128 e. The fourth-order valence-electron chi connectivity index (χ4n) is 1.64. The zero-order chi connectivity index (χ0) is 12.4. The Morgan fingerprint density at radius 1 is 1.00 bits per heavy atom. The number of halogens is 3. The average molecular weight is 232 g/mol. The molecule has 0 nitrogen and oxygen atoms in total. The zero-order valence-corrected chi connectivity index (χ0v) is 9.80. The maximum atomic E-state index is 13.6. The molecule has 1 aliphatic rings. The second kappa shape index (κ2) is 9.25. The van der Waals surface area contributed by atoms with Crippen molar-refractivity contribution in [3.05, 3.63) is 35.9 Å². The highest BCUT2D eigenvalue weighted by Crippen LogP contribution is 2.39. The molecule has 16 heavy (non-hydrogen) atoms. The standard InChI is InChI=1S/C11H13F.2CH3F/c12-11(10-7-4-8-10)9-5-2-1-3-6-9;2*1-2/h1-3,5-6,10-11H,4,7-8H2;2*1H3. The highest BCUT2D eigenvalue weighted by atomic mass is 19.1. The molecule has 1 saturated carbocycles. The van der Waals surface area contributed by atoms with Gasteiger partial charge in [0.2, 0.25) is 0 Å². The van der Waals surface area contributed by atoms with Crippen LogP contribution in [-0.4, -0.2) is 14.4 Å². The van der Waals surface area contributed by atoms with Crippen LogP contribution in [0.3, 0.4) is 0 Å². The van der Waals surface area contributed by atoms with E-state index in [4.69, 9.17) is 0 Å². The van der Waals surface area contributed by atoms with Crippen molar-refractivity contribution in [1.82, 2.24) is 0 Å². The Morgan fingerprint density at radius 3 is 1.88 bits per heavy atom. The Kier molecular flexibility index (Phi) is 8.68. The molecule has 0 aliphatic heterocycles. The quantitative estimate of drug-likeness (QED) is 0.695. The van der Waals surface area contributed by atoms with Crippen LogP contribution in [0.15, 0.2) is 30.3 Å². The first kappa shape index (κ1) is 15.0. The van der Waals surface area contributed by atoms with Crippen LogP contribution < -0.4 is 0 Å². The summed E-state index contributed by atoms with van der Waals surface area (Å²) in [6.07, 6.45) is 2.62. The van der Waals surface area contributed by atoms with Crippen LogP contribution in [0.25, 0.3) is 0 Å². The van der Waals surface area contributed by atoms with Crippen LogP contribution in [0.1, 0.15) is 31.0 Å². The van der Waals surface area contributed by atoms with Crippen molar-refractivity contribution < 1.29 is 13.2 Å². The third-order valence-electron chi connectivity index (χ3n) is 2.68. The van der Waals surface area contributed by atoms with Gasteiger partial charge < -0.3 is 0 Å². The molecule has 0 spiro atoms. The SMILES string of the molecule is CF.CF.FC(c1ccccc1)C1CCC1. The minimum atomic E-state index is -0.722. The summed E-state index contributed by atoms with van der Waals surface area (Å²) in [6.45, 7) is 0. The summed E-state index contributed by atoms with van der Waals surface area (Å²) in [6, 6.07) is 9.49. The molecule has 1 atom stereocenters. The van der Waals surface area contributed by atoms with E-state index in [2.05, 4.69) is 0 Å². The van der Waals surface area contributed by atoms with Gasteiger partial charge in [-0.15, -0.1) is 0 Å². The Morgan fingerprint density at radius 2 is 1.50 bits per heavy atom. The lowest BCUT2D eigenvalue weighted by atomic mass is 9.79. The lowest BCUT2D eigenvalue weighted by molar-refractivity contribution is 0.150. The zero-order valence-electron chi connectivity index (χ0n) is 9.80. The first-order valence-electron chi connectivity index (χ1n) is 5.32. The number of hydrogen-bond donors (Lipinski definition) is 0. The van der Waals surface area contributed by atoms with E-state index in [1.54, 1.807) is 0 Å². The van der Waals surface area contributed by atoms with E-state index in [0.29, 0.717) is 20.3 Å². The number of alkyl halides is 3. The van der Waals surface area contributed by atoms with E-state index in [-0.39, 0.29) is 0 Å². The third kappa shape index (κ3) is 4.25. The molecule has 0 radical (unpaired) electrons. The van der Waals surface area contributed by atoms with Crippen molar-refractivity contribution >= 4 is 0 Å². The summed E-state index contributed by atoms with van der Waals surface area (Å²) in [5.74, 6) is 0.299. The first-order chi connectivity index (χ1) is 7.88. The van der Waals surface area contributed by atoms with Gasteiger partial charge in [0, 0.05) is 0 Å².